The summed E-state index contributed by atoms with van der Waals surface area (Å²) in [5.41, 5.74) is 1.16. The van der Waals surface area contributed by atoms with Crippen molar-refractivity contribution in [2.75, 3.05) is 0 Å². The van der Waals surface area contributed by atoms with Gasteiger partial charge in [0.05, 0.1) is 6.10 Å². The Labute approximate surface area is 120 Å². The Balaban J connectivity index is 1.66. The van der Waals surface area contributed by atoms with Crippen LogP contribution < -0.4 is 9.47 Å². The lowest BCUT2D eigenvalue weighted by molar-refractivity contribution is 0.193. The Kier molecular flexibility index (Phi) is 4.22. The van der Waals surface area contributed by atoms with E-state index >= 15 is 0 Å². The summed E-state index contributed by atoms with van der Waals surface area (Å²) in [5.74, 6) is 1.62. The molecule has 2 heteroatoms. The summed E-state index contributed by atoms with van der Waals surface area (Å²) in [4.78, 5) is 0. The summed E-state index contributed by atoms with van der Waals surface area (Å²) in [6, 6.07) is 18.9. The first-order chi connectivity index (χ1) is 9.92. The zero-order chi connectivity index (χ0) is 13.6. The molecule has 1 saturated carbocycles. The Morgan fingerprint density at radius 2 is 1.80 bits per heavy atom. The first-order valence-corrected chi connectivity index (χ1v) is 7.25. The predicted molar refractivity (Wildman–Crippen MR) is 78.9 cm³/mol. The van der Waals surface area contributed by atoms with Gasteiger partial charge in [0.25, 0.3) is 0 Å². The second-order valence-electron chi connectivity index (χ2n) is 5.17. The molecule has 1 fully saturated rings. The molecular formula is C18H19O2. The quantitative estimate of drug-likeness (QED) is 0.800. The molecule has 1 aliphatic rings. The highest BCUT2D eigenvalue weighted by molar-refractivity contribution is 5.39. The Morgan fingerprint density at radius 3 is 2.60 bits per heavy atom. The Morgan fingerprint density at radius 1 is 1.00 bits per heavy atom. The van der Waals surface area contributed by atoms with E-state index in [0.29, 0.717) is 12.7 Å². The lowest BCUT2D eigenvalue weighted by Crippen LogP contribution is -2.11. The molecule has 20 heavy (non-hydrogen) atoms. The van der Waals surface area contributed by atoms with Crippen LogP contribution in [0.15, 0.2) is 48.5 Å². The molecule has 2 nitrogen and oxygen atoms in total. The molecule has 3 rings (SSSR count). The minimum Gasteiger partial charge on any atom is -0.487 e. The fourth-order valence-corrected chi connectivity index (χ4v) is 2.53. The molecule has 0 N–H and O–H groups in total. The van der Waals surface area contributed by atoms with Crippen LogP contribution in [0.3, 0.4) is 0 Å². The molecule has 0 saturated heterocycles. The predicted octanol–water partition coefficient (Wildman–Crippen LogP) is 4.39. The fourth-order valence-electron chi connectivity index (χ4n) is 2.53. The second kappa shape index (κ2) is 6.47. The minimum absolute atomic E-state index is 0.338. The van der Waals surface area contributed by atoms with Crippen molar-refractivity contribution < 1.29 is 9.47 Å². The van der Waals surface area contributed by atoms with Gasteiger partial charge in [-0.05, 0) is 49.4 Å². The molecule has 0 heterocycles. The van der Waals surface area contributed by atoms with Gasteiger partial charge in [-0.25, -0.2) is 0 Å². The van der Waals surface area contributed by atoms with Crippen molar-refractivity contribution in [3.63, 3.8) is 0 Å². The summed E-state index contributed by atoms with van der Waals surface area (Å²) in [6.07, 6.45) is 5.16. The smallest absolute Gasteiger partial charge is 0.162 e. The lowest BCUT2D eigenvalue weighted by Gasteiger charge is -2.16. The monoisotopic (exact) mass is 267 g/mol. The Hall–Kier alpha value is -1.96. The largest absolute Gasteiger partial charge is 0.487 e. The summed E-state index contributed by atoms with van der Waals surface area (Å²) in [5, 5.41) is 0. The van der Waals surface area contributed by atoms with Crippen LogP contribution in [-0.4, -0.2) is 6.10 Å². The molecule has 0 atom stereocenters. The third kappa shape index (κ3) is 3.32. The van der Waals surface area contributed by atoms with E-state index in [1.807, 2.05) is 36.4 Å². The van der Waals surface area contributed by atoms with Gasteiger partial charge in [0.2, 0.25) is 0 Å². The van der Waals surface area contributed by atoms with Crippen molar-refractivity contribution in [1.82, 2.24) is 0 Å². The van der Waals surface area contributed by atoms with Crippen LogP contribution in [0.2, 0.25) is 0 Å². The van der Waals surface area contributed by atoms with Gasteiger partial charge in [-0.15, -0.1) is 0 Å². The third-order valence-electron chi connectivity index (χ3n) is 3.62. The average molecular weight is 267 g/mol. The van der Waals surface area contributed by atoms with Gasteiger partial charge < -0.3 is 9.47 Å². The molecule has 0 aromatic heterocycles. The van der Waals surface area contributed by atoms with Gasteiger partial charge >= 0.3 is 0 Å². The van der Waals surface area contributed by atoms with Crippen LogP contribution >= 0.6 is 0 Å². The summed E-state index contributed by atoms with van der Waals surface area (Å²) in [7, 11) is 0. The second-order valence-corrected chi connectivity index (χ2v) is 5.17. The number of benzene rings is 2. The molecule has 1 radical (unpaired) electrons. The van der Waals surface area contributed by atoms with Crippen molar-refractivity contribution >= 4 is 0 Å². The highest BCUT2D eigenvalue weighted by atomic mass is 16.5. The van der Waals surface area contributed by atoms with Crippen LogP contribution in [-0.2, 0) is 6.61 Å². The van der Waals surface area contributed by atoms with E-state index in [0.717, 1.165) is 29.9 Å². The molecule has 1 aliphatic carbocycles. The van der Waals surface area contributed by atoms with E-state index < -0.39 is 0 Å². The van der Waals surface area contributed by atoms with E-state index in [2.05, 4.69) is 18.2 Å². The summed E-state index contributed by atoms with van der Waals surface area (Å²) in [6.45, 7) is 0.561. The van der Waals surface area contributed by atoms with E-state index in [-0.39, 0.29) is 0 Å². The molecule has 0 spiro atoms. The molecule has 2 aromatic rings. The molecular weight excluding hydrogens is 248 g/mol. The molecule has 0 unspecified atom stereocenters. The van der Waals surface area contributed by atoms with Gasteiger partial charge in [-0.1, -0.05) is 36.4 Å². The van der Waals surface area contributed by atoms with Crippen LogP contribution in [0, 0.1) is 6.07 Å². The summed E-state index contributed by atoms with van der Waals surface area (Å²) < 4.78 is 11.9. The van der Waals surface area contributed by atoms with Gasteiger partial charge in [0.15, 0.2) is 11.5 Å². The first kappa shape index (κ1) is 13.0. The third-order valence-corrected chi connectivity index (χ3v) is 3.62. The molecule has 2 aromatic carbocycles. The number of hydrogen-bond donors (Lipinski definition) is 0. The zero-order valence-corrected chi connectivity index (χ0v) is 11.5. The average Bonchev–Trinajstić information content (AvgIpc) is 3.00. The minimum atomic E-state index is 0.338. The first-order valence-electron chi connectivity index (χ1n) is 7.25. The maximum atomic E-state index is 6.04. The highest BCUT2D eigenvalue weighted by Crippen LogP contribution is 2.31. The topological polar surface area (TPSA) is 18.5 Å². The molecule has 0 aliphatic heterocycles. The van der Waals surface area contributed by atoms with Crippen LogP contribution in [0.4, 0.5) is 0 Å². The lowest BCUT2D eigenvalue weighted by atomic mass is 10.2. The maximum Gasteiger partial charge on any atom is 0.162 e. The van der Waals surface area contributed by atoms with Gasteiger partial charge in [-0.3, -0.25) is 0 Å². The summed E-state index contributed by atoms with van der Waals surface area (Å²) >= 11 is 0. The molecule has 0 bridgehead atoms. The fraction of sp³-hybridized carbons (Fsp3) is 0.333. The van der Waals surface area contributed by atoms with Crippen molar-refractivity contribution in [3.8, 4) is 11.5 Å². The number of hydrogen-bond acceptors (Lipinski definition) is 2. The SMILES string of the molecule is [c]1ccc(OCc2ccccc2)c(OC2CCCC2)c1. The van der Waals surface area contributed by atoms with E-state index in [4.69, 9.17) is 9.47 Å². The maximum absolute atomic E-state index is 6.04. The zero-order valence-electron chi connectivity index (χ0n) is 11.5. The van der Waals surface area contributed by atoms with Crippen LogP contribution in [0.25, 0.3) is 0 Å². The normalized spacial score (nSPS) is 15.2. The van der Waals surface area contributed by atoms with Crippen molar-refractivity contribution in [2.45, 2.75) is 38.4 Å². The van der Waals surface area contributed by atoms with Gasteiger partial charge in [0, 0.05) is 0 Å². The Bertz CT molecular complexity index is 530. The molecule has 0 amide bonds. The van der Waals surface area contributed by atoms with Crippen LogP contribution in [0.5, 0.6) is 11.5 Å². The number of ether oxygens (including phenoxy) is 2. The van der Waals surface area contributed by atoms with Gasteiger partial charge in [0.1, 0.15) is 6.61 Å². The standard InChI is InChI=1S/C18H19O2/c1-2-8-15(9-3-1)14-19-17-12-6-7-13-18(17)20-16-10-4-5-11-16/h1-3,6,8-9,12-13,16H,4-5,10-11,14H2. The molecule has 103 valence electrons. The van der Waals surface area contributed by atoms with E-state index in [1.54, 1.807) is 0 Å². The van der Waals surface area contributed by atoms with Crippen LogP contribution in [0.1, 0.15) is 31.2 Å². The van der Waals surface area contributed by atoms with E-state index in [9.17, 15) is 0 Å². The van der Waals surface area contributed by atoms with Gasteiger partial charge in [-0.2, -0.15) is 0 Å². The van der Waals surface area contributed by atoms with Crippen molar-refractivity contribution in [1.29, 1.82) is 0 Å². The van der Waals surface area contributed by atoms with Crippen molar-refractivity contribution in [3.05, 3.63) is 60.2 Å². The number of rotatable bonds is 5. The highest BCUT2D eigenvalue weighted by Gasteiger charge is 2.18. The van der Waals surface area contributed by atoms with Crippen molar-refractivity contribution in [2.24, 2.45) is 0 Å². The van der Waals surface area contributed by atoms with E-state index in [1.165, 1.54) is 12.8 Å².